The number of nitrogens with zero attached hydrogens (tertiary/aromatic N) is 1. The number of urea groups is 1. The number of benzene rings is 1. The van der Waals surface area contributed by atoms with Gasteiger partial charge in [-0.1, -0.05) is 19.1 Å². The van der Waals surface area contributed by atoms with Gasteiger partial charge in [0, 0.05) is 26.6 Å². The van der Waals surface area contributed by atoms with Crippen molar-refractivity contribution in [2.24, 2.45) is 0 Å². The third kappa shape index (κ3) is 5.14. The largest absolute Gasteiger partial charge is 0.486 e. The van der Waals surface area contributed by atoms with Crippen LogP contribution in [0.3, 0.4) is 0 Å². The van der Waals surface area contributed by atoms with Crippen molar-refractivity contribution in [2.45, 2.75) is 19.4 Å². The van der Waals surface area contributed by atoms with Crippen LogP contribution in [0.5, 0.6) is 11.5 Å². The smallest absolute Gasteiger partial charge is 0.321 e. The van der Waals surface area contributed by atoms with Crippen molar-refractivity contribution < 1.29 is 19.1 Å². The van der Waals surface area contributed by atoms with Gasteiger partial charge in [-0.25, -0.2) is 4.79 Å². The number of carbonyl (C=O) groups is 2. The molecule has 2 N–H and O–H groups in total. The molecule has 0 spiro atoms. The summed E-state index contributed by atoms with van der Waals surface area (Å²) in [6.07, 6.45) is 0.178. The van der Waals surface area contributed by atoms with E-state index in [1.807, 2.05) is 31.2 Å². The van der Waals surface area contributed by atoms with Crippen molar-refractivity contribution in [3.63, 3.8) is 0 Å². The minimum atomic E-state index is -0.487. The molecular formula is C16H23N3O4. The maximum atomic E-state index is 11.6. The van der Waals surface area contributed by atoms with Gasteiger partial charge in [0.2, 0.25) is 5.91 Å². The molecule has 7 heteroatoms. The lowest BCUT2D eigenvalue weighted by atomic mass is 10.2. The molecule has 1 aliphatic heterocycles. The second kappa shape index (κ2) is 8.38. The fourth-order valence-electron chi connectivity index (χ4n) is 2.33. The average molecular weight is 321 g/mol. The van der Waals surface area contributed by atoms with E-state index in [4.69, 9.17) is 9.47 Å². The fraction of sp³-hybridized carbons (Fsp3) is 0.500. The van der Waals surface area contributed by atoms with Gasteiger partial charge in [0.15, 0.2) is 11.5 Å². The van der Waals surface area contributed by atoms with Gasteiger partial charge in [-0.2, -0.15) is 0 Å². The number of rotatable bonds is 6. The Hall–Kier alpha value is -2.28. The summed E-state index contributed by atoms with van der Waals surface area (Å²) in [6.45, 7) is 4.51. The molecule has 0 bridgehead atoms. The monoisotopic (exact) mass is 321 g/mol. The molecule has 126 valence electrons. The third-order valence-electron chi connectivity index (χ3n) is 3.61. The van der Waals surface area contributed by atoms with Crippen LogP contribution in [0.2, 0.25) is 0 Å². The van der Waals surface area contributed by atoms with E-state index >= 15 is 0 Å². The van der Waals surface area contributed by atoms with E-state index in [2.05, 4.69) is 15.5 Å². The van der Waals surface area contributed by atoms with Crippen molar-refractivity contribution in [3.05, 3.63) is 24.3 Å². The quantitative estimate of drug-likeness (QED) is 0.817. The zero-order valence-corrected chi connectivity index (χ0v) is 13.5. The number of imide groups is 1. The van der Waals surface area contributed by atoms with Crippen molar-refractivity contribution in [1.82, 2.24) is 15.5 Å². The van der Waals surface area contributed by atoms with E-state index in [0.717, 1.165) is 18.0 Å². The first-order valence-electron chi connectivity index (χ1n) is 7.74. The van der Waals surface area contributed by atoms with Crippen LogP contribution < -0.4 is 20.1 Å². The van der Waals surface area contributed by atoms with Gasteiger partial charge in [-0.3, -0.25) is 15.0 Å². The van der Waals surface area contributed by atoms with E-state index in [1.54, 1.807) is 0 Å². The second-order valence-corrected chi connectivity index (χ2v) is 5.27. The first kappa shape index (κ1) is 17.1. The Kier molecular flexibility index (Phi) is 6.22. The van der Waals surface area contributed by atoms with Gasteiger partial charge in [0.1, 0.15) is 12.7 Å². The van der Waals surface area contributed by atoms with Crippen LogP contribution in [0.15, 0.2) is 24.3 Å². The van der Waals surface area contributed by atoms with Crippen LogP contribution in [0.25, 0.3) is 0 Å². The highest BCUT2D eigenvalue weighted by atomic mass is 16.6. The van der Waals surface area contributed by atoms with Crippen molar-refractivity contribution in [2.75, 3.05) is 33.3 Å². The van der Waals surface area contributed by atoms with Crippen LogP contribution in [0, 0.1) is 0 Å². The lowest BCUT2D eigenvalue weighted by Crippen LogP contribution is -2.43. The number of carbonyl (C=O) groups excluding carboxylic acids is 2. The molecular weight excluding hydrogens is 298 g/mol. The zero-order valence-electron chi connectivity index (χ0n) is 13.5. The SMILES string of the molecule is CCN(CCC(=O)NC(=O)NC)C[C@@H]1COc2ccccc2O1. The average Bonchev–Trinajstić information content (AvgIpc) is 2.58. The fourth-order valence-corrected chi connectivity index (χ4v) is 2.33. The van der Waals surface area contributed by atoms with Gasteiger partial charge in [-0.05, 0) is 18.7 Å². The molecule has 0 saturated heterocycles. The summed E-state index contributed by atoms with van der Waals surface area (Å²) >= 11 is 0. The Morgan fingerprint density at radius 2 is 2.04 bits per heavy atom. The first-order valence-corrected chi connectivity index (χ1v) is 7.74. The number of amides is 3. The summed E-state index contributed by atoms with van der Waals surface area (Å²) in [5.41, 5.74) is 0. The molecule has 1 aromatic rings. The van der Waals surface area contributed by atoms with Gasteiger partial charge < -0.3 is 14.8 Å². The van der Waals surface area contributed by atoms with E-state index in [1.165, 1.54) is 7.05 Å². The summed E-state index contributed by atoms with van der Waals surface area (Å²) < 4.78 is 11.6. The molecule has 1 atom stereocenters. The lowest BCUT2D eigenvalue weighted by Gasteiger charge is -2.30. The summed E-state index contributed by atoms with van der Waals surface area (Å²) in [7, 11) is 1.47. The van der Waals surface area contributed by atoms with Crippen molar-refractivity contribution in [1.29, 1.82) is 0 Å². The topological polar surface area (TPSA) is 79.9 Å². The molecule has 1 aromatic carbocycles. The van der Waals surface area contributed by atoms with Gasteiger partial charge in [-0.15, -0.1) is 0 Å². The van der Waals surface area contributed by atoms with Crippen LogP contribution in [0.4, 0.5) is 4.79 Å². The summed E-state index contributed by atoms with van der Waals surface area (Å²) in [5, 5.41) is 4.61. The van der Waals surface area contributed by atoms with E-state index in [-0.39, 0.29) is 18.4 Å². The molecule has 0 fully saturated rings. The number of hydrogen-bond donors (Lipinski definition) is 2. The first-order chi connectivity index (χ1) is 11.1. The molecule has 1 heterocycles. The predicted molar refractivity (Wildman–Crippen MR) is 85.7 cm³/mol. The highest BCUT2D eigenvalue weighted by Gasteiger charge is 2.22. The molecule has 0 radical (unpaired) electrons. The highest BCUT2D eigenvalue weighted by Crippen LogP contribution is 2.30. The van der Waals surface area contributed by atoms with E-state index < -0.39 is 6.03 Å². The molecule has 3 amide bonds. The van der Waals surface area contributed by atoms with Crippen molar-refractivity contribution in [3.8, 4) is 11.5 Å². The standard InChI is InChI=1S/C16H23N3O4/c1-3-19(9-8-15(20)18-16(21)17-2)10-12-11-22-13-6-4-5-7-14(13)23-12/h4-7,12H,3,8-11H2,1-2H3,(H2,17,18,20,21)/t12-/m1/s1. The molecule has 7 nitrogen and oxygen atoms in total. The molecule has 0 saturated carbocycles. The van der Waals surface area contributed by atoms with Crippen LogP contribution in [-0.4, -0.2) is 56.2 Å². The predicted octanol–water partition coefficient (Wildman–Crippen LogP) is 0.994. The normalized spacial score (nSPS) is 16.0. The number of likely N-dealkylation sites (N-methyl/N-ethyl adjacent to an activating group) is 1. The Bertz CT molecular complexity index is 550. The Labute approximate surface area is 135 Å². The maximum Gasteiger partial charge on any atom is 0.321 e. The zero-order chi connectivity index (χ0) is 16.7. The Morgan fingerprint density at radius 3 is 2.74 bits per heavy atom. The van der Waals surface area contributed by atoms with E-state index in [9.17, 15) is 9.59 Å². The number of ether oxygens (including phenoxy) is 2. The highest BCUT2D eigenvalue weighted by molar-refractivity contribution is 5.94. The minimum Gasteiger partial charge on any atom is -0.486 e. The molecule has 23 heavy (non-hydrogen) atoms. The summed E-state index contributed by atoms with van der Waals surface area (Å²) in [4.78, 5) is 24.8. The lowest BCUT2D eigenvalue weighted by molar-refractivity contribution is -0.120. The van der Waals surface area contributed by atoms with Gasteiger partial charge in [0.25, 0.3) is 0 Å². The van der Waals surface area contributed by atoms with Gasteiger partial charge >= 0.3 is 6.03 Å². The van der Waals surface area contributed by atoms with Crippen molar-refractivity contribution >= 4 is 11.9 Å². The molecule has 2 rings (SSSR count). The molecule has 0 unspecified atom stereocenters. The van der Waals surface area contributed by atoms with Gasteiger partial charge in [0.05, 0.1) is 0 Å². The van der Waals surface area contributed by atoms with Crippen LogP contribution >= 0.6 is 0 Å². The third-order valence-corrected chi connectivity index (χ3v) is 3.61. The van der Waals surface area contributed by atoms with E-state index in [0.29, 0.717) is 19.7 Å². The molecule has 0 aliphatic carbocycles. The minimum absolute atomic E-state index is 0.0770. The number of para-hydroxylation sites is 2. The van der Waals surface area contributed by atoms with Crippen LogP contribution in [-0.2, 0) is 4.79 Å². The maximum absolute atomic E-state index is 11.6. The number of fused-ring (bicyclic) bond motifs is 1. The molecule has 1 aliphatic rings. The Morgan fingerprint density at radius 1 is 1.30 bits per heavy atom. The number of hydrogen-bond acceptors (Lipinski definition) is 5. The second-order valence-electron chi connectivity index (χ2n) is 5.27. The van der Waals surface area contributed by atoms with Crippen LogP contribution in [0.1, 0.15) is 13.3 Å². The Balaban J connectivity index is 1.79. The summed E-state index contributed by atoms with van der Waals surface area (Å²) in [5.74, 6) is 1.21. The summed E-state index contributed by atoms with van der Waals surface area (Å²) in [6, 6.07) is 7.09. The molecule has 0 aromatic heterocycles. The number of nitrogens with one attached hydrogen (secondary N) is 2.